The molecule has 0 amide bonds. The third-order valence-corrected chi connectivity index (χ3v) is 2.65. The fourth-order valence-electron chi connectivity index (χ4n) is 1.71. The lowest BCUT2D eigenvalue weighted by molar-refractivity contribution is 0.831. The Morgan fingerprint density at radius 2 is 1.94 bits per heavy atom. The summed E-state index contributed by atoms with van der Waals surface area (Å²) < 4.78 is 0. The molecule has 4 nitrogen and oxygen atoms in total. The van der Waals surface area contributed by atoms with Gasteiger partial charge in [-0.15, -0.1) is 0 Å². The highest BCUT2D eigenvalue weighted by atomic mass is 15.1. The largest absolute Gasteiger partial charge is 0.370 e. The Morgan fingerprint density at radius 1 is 1.17 bits per heavy atom. The molecule has 0 radical (unpaired) electrons. The summed E-state index contributed by atoms with van der Waals surface area (Å²) in [5.74, 6) is 1.09. The molecule has 0 aliphatic heterocycles. The van der Waals surface area contributed by atoms with Gasteiger partial charge in [-0.1, -0.05) is 43.7 Å². The summed E-state index contributed by atoms with van der Waals surface area (Å²) in [6, 6.07) is 11.9. The maximum atomic E-state index is 5.74. The number of nitrogen functional groups attached to an aromatic ring is 1. The van der Waals surface area contributed by atoms with Crippen LogP contribution in [0.4, 0.5) is 11.8 Å². The van der Waals surface area contributed by atoms with E-state index in [-0.39, 0.29) is 0 Å². The van der Waals surface area contributed by atoms with Gasteiger partial charge in [0.05, 0.1) is 5.69 Å². The zero-order chi connectivity index (χ0) is 12.8. The lowest BCUT2D eigenvalue weighted by atomic mass is 10.1. The molecule has 0 saturated heterocycles. The average molecular weight is 242 g/mol. The first-order valence-corrected chi connectivity index (χ1v) is 6.23. The lowest BCUT2D eigenvalue weighted by Crippen LogP contribution is -2.06. The van der Waals surface area contributed by atoms with Crippen LogP contribution in [0.5, 0.6) is 0 Å². The molecule has 0 fully saturated rings. The van der Waals surface area contributed by atoms with Crippen LogP contribution < -0.4 is 11.1 Å². The highest BCUT2D eigenvalue weighted by Crippen LogP contribution is 2.20. The number of benzene rings is 1. The summed E-state index contributed by atoms with van der Waals surface area (Å²) in [7, 11) is 0. The van der Waals surface area contributed by atoms with Gasteiger partial charge in [0.1, 0.15) is 5.82 Å². The molecular weight excluding hydrogens is 224 g/mol. The second-order valence-electron chi connectivity index (χ2n) is 4.14. The summed E-state index contributed by atoms with van der Waals surface area (Å²) in [6.45, 7) is 3.06. The fraction of sp³-hybridized carbons (Fsp3) is 0.286. The predicted octanol–water partition coefficient (Wildman–Crippen LogP) is 2.94. The average Bonchev–Trinajstić information content (AvgIpc) is 2.39. The van der Waals surface area contributed by atoms with Crippen molar-refractivity contribution in [3.05, 3.63) is 36.4 Å². The zero-order valence-electron chi connectivity index (χ0n) is 10.6. The minimum absolute atomic E-state index is 0.301. The number of aromatic nitrogens is 2. The third kappa shape index (κ3) is 3.20. The normalized spacial score (nSPS) is 10.3. The van der Waals surface area contributed by atoms with Gasteiger partial charge in [-0.05, 0) is 6.42 Å². The Kier molecular flexibility index (Phi) is 4.12. The molecule has 3 N–H and O–H groups in total. The second-order valence-corrected chi connectivity index (χ2v) is 4.14. The highest BCUT2D eigenvalue weighted by Gasteiger charge is 2.03. The van der Waals surface area contributed by atoms with E-state index in [9.17, 15) is 0 Å². The van der Waals surface area contributed by atoms with E-state index in [0.717, 1.165) is 36.5 Å². The number of unbranched alkanes of at least 4 members (excludes halogenated alkanes) is 1. The number of hydrogen-bond donors (Lipinski definition) is 2. The number of nitrogens with zero attached hydrogens (tertiary/aromatic N) is 2. The standard InChI is InChI=1S/C14H18N4/c1-2-3-9-16-13-10-12(17-14(15)18-13)11-7-5-4-6-8-11/h4-8,10H,2-3,9H2,1H3,(H3,15,16,17,18). The van der Waals surface area contributed by atoms with Crippen molar-refractivity contribution >= 4 is 11.8 Å². The number of rotatable bonds is 5. The molecule has 94 valence electrons. The summed E-state index contributed by atoms with van der Waals surface area (Å²) in [5.41, 5.74) is 7.63. The number of anilines is 2. The first-order chi connectivity index (χ1) is 8.79. The van der Waals surface area contributed by atoms with Gasteiger partial charge in [0.25, 0.3) is 0 Å². The third-order valence-electron chi connectivity index (χ3n) is 2.65. The van der Waals surface area contributed by atoms with Crippen molar-refractivity contribution in [2.24, 2.45) is 0 Å². The molecule has 2 rings (SSSR count). The molecule has 1 aromatic heterocycles. The van der Waals surface area contributed by atoms with Crippen molar-refractivity contribution < 1.29 is 0 Å². The highest BCUT2D eigenvalue weighted by molar-refractivity contribution is 5.63. The molecule has 0 unspecified atom stereocenters. The van der Waals surface area contributed by atoms with Crippen LogP contribution in [-0.2, 0) is 0 Å². The van der Waals surface area contributed by atoms with Crippen molar-refractivity contribution in [2.75, 3.05) is 17.6 Å². The molecule has 18 heavy (non-hydrogen) atoms. The van der Waals surface area contributed by atoms with Crippen molar-refractivity contribution in [1.82, 2.24) is 9.97 Å². The second kappa shape index (κ2) is 6.00. The Labute approximate surface area is 107 Å². The van der Waals surface area contributed by atoms with E-state index < -0.39 is 0 Å². The maximum absolute atomic E-state index is 5.74. The molecular formula is C14H18N4. The van der Waals surface area contributed by atoms with E-state index in [1.165, 1.54) is 0 Å². The van der Waals surface area contributed by atoms with Crippen molar-refractivity contribution in [3.63, 3.8) is 0 Å². The first-order valence-electron chi connectivity index (χ1n) is 6.23. The van der Waals surface area contributed by atoms with Crippen LogP contribution in [0.15, 0.2) is 36.4 Å². The van der Waals surface area contributed by atoms with Crippen LogP contribution >= 0.6 is 0 Å². The predicted molar refractivity (Wildman–Crippen MR) is 75.3 cm³/mol. The summed E-state index contributed by atoms with van der Waals surface area (Å²) >= 11 is 0. The molecule has 0 saturated carbocycles. The Balaban J connectivity index is 2.21. The fourth-order valence-corrected chi connectivity index (χ4v) is 1.71. The minimum Gasteiger partial charge on any atom is -0.370 e. The van der Waals surface area contributed by atoms with Gasteiger partial charge in [-0.25, -0.2) is 4.98 Å². The van der Waals surface area contributed by atoms with E-state index in [1.54, 1.807) is 0 Å². The number of nitrogens with one attached hydrogen (secondary N) is 1. The number of nitrogens with two attached hydrogens (primary N) is 1. The summed E-state index contributed by atoms with van der Waals surface area (Å²) in [6.07, 6.45) is 2.27. The van der Waals surface area contributed by atoms with E-state index in [4.69, 9.17) is 5.73 Å². The van der Waals surface area contributed by atoms with Crippen molar-refractivity contribution in [3.8, 4) is 11.3 Å². The molecule has 0 bridgehead atoms. The van der Waals surface area contributed by atoms with E-state index in [1.807, 2.05) is 36.4 Å². The molecule has 2 aromatic rings. The van der Waals surface area contributed by atoms with Gasteiger partial charge >= 0.3 is 0 Å². The van der Waals surface area contributed by atoms with Crippen LogP contribution in [0, 0.1) is 0 Å². The maximum Gasteiger partial charge on any atom is 0.222 e. The van der Waals surface area contributed by atoms with Gasteiger partial charge in [-0.3, -0.25) is 0 Å². The molecule has 0 atom stereocenters. The first kappa shape index (κ1) is 12.4. The Morgan fingerprint density at radius 3 is 2.67 bits per heavy atom. The van der Waals surface area contributed by atoms with Crippen LogP contribution in [0.25, 0.3) is 11.3 Å². The monoisotopic (exact) mass is 242 g/mol. The smallest absolute Gasteiger partial charge is 0.222 e. The number of hydrogen-bond acceptors (Lipinski definition) is 4. The molecule has 4 heteroatoms. The summed E-state index contributed by atoms with van der Waals surface area (Å²) in [4.78, 5) is 8.45. The van der Waals surface area contributed by atoms with Gasteiger partial charge in [0, 0.05) is 18.2 Å². The van der Waals surface area contributed by atoms with E-state index in [0.29, 0.717) is 5.95 Å². The quantitative estimate of drug-likeness (QED) is 0.791. The van der Waals surface area contributed by atoms with Crippen LogP contribution in [0.3, 0.4) is 0 Å². The minimum atomic E-state index is 0.301. The van der Waals surface area contributed by atoms with Gasteiger partial charge in [-0.2, -0.15) is 4.98 Å². The van der Waals surface area contributed by atoms with E-state index in [2.05, 4.69) is 22.2 Å². The van der Waals surface area contributed by atoms with Crippen LogP contribution in [0.1, 0.15) is 19.8 Å². The zero-order valence-corrected chi connectivity index (χ0v) is 10.6. The van der Waals surface area contributed by atoms with Gasteiger partial charge < -0.3 is 11.1 Å². The molecule has 1 aromatic carbocycles. The Hall–Kier alpha value is -2.10. The van der Waals surface area contributed by atoms with Crippen molar-refractivity contribution in [1.29, 1.82) is 0 Å². The Bertz CT molecular complexity index is 496. The molecule has 1 heterocycles. The topological polar surface area (TPSA) is 63.8 Å². The van der Waals surface area contributed by atoms with E-state index >= 15 is 0 Å². The lowest BCUT2D eigenvalue weighted by Gasteiger charge is -2.08. The molecule has 0 spiro atoms. The summed E-state index contributed by atoms with van der Waals surface area (Å²) in [5, 5.41) is 3.27. The molecule has 0 aliphatic rings. The van der Waals surface area contributed by atoms with Crippen LogP contribution in [0.2, 0.25) is 0 Å². The van der Waals surface area contributed by atoms with Gasteiger partial charge in [0.15, 0.2) is 0 Å². The molecule has 0 aliphatic carbocycles. The SMILES string of the molecule is CCCCNc1cc(-c2ccccc2)nc(N)n1. The van der Waals surface area contributed by atoms with Gasteiger partial charge in [0.2, 0.25) is 5.95 Å². The van der Waals surface area contributed by atoms with Crippen molar-refractivity contribution in [2.45, 2.75) is 19.8 Å². The van der Waals surface area contributed by atoms with Crippen LogP contribution in [-0.4, -0.2) is 16.5 Å².